The van der Waals surface area contributed by atoms with Gasteiger partial charge in [-0.1, -0.05) is 11.2 Å². The van der Waals surface area contributed by atoms with Gasteiger partial charge in [0.05, 0.1) is 36.0 Å². The van der Waals surface area contributed by atoms with E-state index < -0.39 is 41.3 Å². The molecule has 3 aromatic rings. The Morgan fingerprint density at radius 3 is 2.59 bits per heavy atom. The Morgan fingerprint density at radius 1 is 1.21 bits per heavy atom. The molecular weight excluding hydrogens is 558 g/mol. The van der Waals surface area contributed by atoms with Crippen molar-refractivity contribution < 1.29 is 45.7 Å². The second-order valence-corrected chi connectivity index (χ2v) is 12.7. The van der Waals surface area contributed by atoms with Crippen molar-refractivity contribution in [2.24, 2.45) is 0 Å². The summed E-state index contributed by atoms with van der Waals surface area (Å²) in [5.41, 5.74) is -0.638. The molecule has 3 N–H and O–H groups in total. The van der Waals surface area contributed by atoms with E-state index in [0.717, 1.165) is 0 Å². The number of hydrogen-bond donors (Lipinski definition) is 3. The van der Waals surface area contributed by atoms with Gasteiger partial charge in [-0.25, -0.2) is 22.2 Å². The molecule has 2 fully saturated rings. The highest BCUT2D eigenvalue weighted by atomic mass is 32.2. The number of pyridine rings is 1. The number of hydrogen-bond acceptors (Lipinski definition) is 10. The fourth-order valence-electron chi connectivity index (χ4n) is 4.58. The van der Waals surface area contributed by atoms with Gasteiger partial charge in [-0.15, -0.1) is 0 Å². The molecule has 2 aromatic heterocycles. The quantitative estimate of drug-likeness (QED) is 0.331. The first-order chi connectivity index (χ1) is 18.4. The van der Waals surface area contributed by atoms with Crippen LogP contribution in [0.25, 0.3) is 11.1 Å². The number of cyclic esters (lactones) is 1. The molecule has 2 saturated heterocycles. The Balaban J connectivity index is 1.32. The normalized spacial score (nSPS) is 20.5. The molecule has 16 heteroatoms. The monoisotopic (exact) mass is 582 g/mol. The van der Waals surface area contributed by atoms with E-state index in [1.807, 2.05) is 0 Å². The van der Waals surface area contributed by atoms with E-state index in [4.69, 9.17) is 13.8 Å². The Bertz CT molecular complexity index is 1500. The summed E-state index contributed by atoms with van der Waals surface area (Å²) in [6.45, 7) is 0.475. The summed E-state index contributed by atoms with van der Waals surface area (Å²) < 4.78 is 65.7. The number of benzene rings is 1. The molecule has 0 radical (unpaired) electrons. The molecule has 1 aromatic carbocycles. The SMILES string of the molecule is O=C1O[C@@H](CNc2ccon2)CN1c1ccc(-c2ccc(C3(OP(=O)(O)O)CCS(=O)(=O)CC3)nc2)c(F)c1. The number of phosphoric acid groups is 1. The first-order valence-electron chi connectivity index (χ1n) is 11.8. The van der Waals surface area contributed by atoms with Crippen LogP contribution in [-0.4, -0.2) is 65.1 Å². The van der Waals surface area contributed by atoms with Gasteiger partial charge in [0.15, 0.2) is 15.7 Å². The summed E-state index contributed by atoms with van der Waals surface area (Å²) in [6.07, 6.45) is 1.24. The van der Waals surface area contributed by atoms with Crippen LogP contribution in [0.2, 0.25) is 0 Å². The van der Waals surface area contributed by atoms with Crippen molar-refractivity contribution in [3.63, 3.8) is 0 Å². The van der Waals surface area contributed by atoms with Crippen molar-refractivity contribution in [1.82, 2.24) is 10.1 Å². The molecular formula is C23H24FN4O9PS. The van der Waals surface area contributed by atoms with Crippen molar-refractivity contribution >= 4 is 35.3 Å². The van der Waals surface area contributed by atoms with Crippen molar-refractivity contribution in [1.29, 1.82) is 0 Å². The number of halogens is 1. The fourth-order valence-corrected chi connectivity index (χ4v) is 6.80. The number of ether oxygens (including phenoxy) is 1. The average Bonchev–Trinajstić information content (AvgIpc) is 3.53. The van der Waals surface area contributed by atoms with Gasteiger partial charge in [0.25, 0.3) is 0 Å². The lowest BCUT2D eigenvalue weighted by atomic mass is 9.91. The standard InChI is InChI=1S/C23H24FN4O9PS/c24-19-11-16(28-14-17(36-22(28)29)13-26-21-5-8-35-27-21)2-3-18(19)15-1-4-20(25-12-15)23(37-38(30,31)32)6-9-39(33,34)10-7-23/h1-5,8,11-12,17H,6-7,9-10,13-14H2,(H,26,27)(H2,30,31,32)/t17-/m0/s1. The van der Waals surface area contributed by atoms with Gasteiger partial charge in [-0.05, 0) is 37.1 Å². The van der Waals surface area contributed by atoms with Crippen LogP contribution in [0.15, 0.2) is 53.4 Å². The van der Waals surface area contributed by atoms with Gasteiger partial charge in [-0.3, -0.25) is 14.4 Å². The Morgan fingerprint density at radius 2 is 1.97 bits per heavy atom. The van der Waals surface area contributed by atoms with Crippen molar-refractivity contribution in [3.8, 4) is 11.1 Å². The van der Waals surface area contributed by atoms with Gasteiger partial charge < -0.3 is 24.4 Å². The number of phosphoric ester groups is 1. The van der Waals surface area contributed by atoms with Crippen LogP contribution >= 0.6 is 7.82 Å². The van der Waals surface area contributed by atoms with E-state index in [2.05, 4.69) is 15.5 Å². The van der Waals surface area contributed by atoms with Gasteiger partial charge >= 0.3 is 13.9 Å². The van der Waals surface area contributed by atoms with E-state index in [1.54, 1.807) is 12.1 Å². The molecule has 0 spiro atoms. The van der Waals surface area contributed by atoms with E-state index >= 15 is 4.39 Å². The van der Waals surface area contributed by atoms with E-state index in [1.165, 1.54) is 41.6 Å². The Kier molecular flexibility index (Phi) is 7.20. The third-order valence-electron chi connectivity index (χ3n) is 6.56. The smallest absolute Gasteiger partial charge is 0.442 e. The van der Waals surface area contributed by atoms with Crippen LogP contribution in [-0.2, 0) is 29.3 Å². The van der Waals surface area contributed by atoms with E-state index in [9.17, 15) is 27.6 Å². The minimum Gasteiger partial charge on any atom is -0.442 e. The van der Waals surface area contributed by atoms with Crippen LogP contribution < -0.4 is 10.2 Å². The highest BCUT2D eigenvalue weighted by Gasteiger charge is 2.45. The molecule has 4 heterocycles. The number of nitrogens with zero attached hydrogens (tertiary/aromatic N) is 3. The molecule has 0 bridgehead atoms. The first kappa shape index (κ1) is 27.2. The number of carbonyl (C=O) groups excluding carboxylic acids is 1. The third-order valence-corrected chi connectivity index (χ3v) is 8.80. The lowest BCUT2D eigenvalue weighted by Gasteiger charge is -2.36. The van der Waals surface area contributed by atoms with Gasteiger partial charge in [-0.2, -0.15) is 0 Å². The van der Waals surface area contributed by atoms with Crippen LogP contribution in [0.5, 0.6) is 0 Å². The van der Waals surface area contributed by atoms with E-state index in [0.29, 0.717) is 17.1 Å². The zero-order chi connectivity index (χ0) is 27.8. The number of nitrogens with one attached hydrogen (secondary N) is 1. The predicted octanol–water partition coefficient (Wildman–Crippen LogP) is 2.83. The van der Waals surface area contributed by atoms with Crippen LogP contribution in [0.3, 0.4) is 0 Å². The Hall–Kier alpha value is -3.36. The zero-order valence-corrected chi connectivity index (χ0v) is 22.0. The molecule has 13 nitrogen and oxygen atoms in total. The lowest BCUT2D eigenvalue weighted by Crippen LogP contribution is -2.39. The molecule has 2 aliphatic rings. The summed E-state index contributed by atoms with van der Waals surface area (Å²) in [5.74, 6) is -0.776. The summed E-state index contributed by atoms with van der Waals surface area (Å²) in [5, 5.41) is 6.70. The van der Waals surface area contributed by atoms with Crippen LogP contribution in [0, 0.1) is 5.82 Å². The minimum absolute atomic E-state index is 0.131. The number of aromatic nitrogens is 2. The molecule has 0 saturated carbocycles. The van der Waals surface area contributed by atoms with Gasteiger partial charge in [0.1, 0.15) is 23.8 Å². The number of amides is 1. The summed E-state index contributed by atoms with van der Waals surface area (Å²) in [6, 6.07) is 8.79. The van der Waals surface area contributed by atoms with Crippen molar-refractivity contribution in [2.45, 2.75) is 24.5 Å². The van der Waals surface area contributed by atoms with Crippen molar-refractivity contribution in [3.05, 3.63) is 60.4 Å². The number of rotatable bonds is 8. The second-order valence-electron chi connectivity index (χ2n) is 9.21. The average molecular weight is 583 g/mol. The summed E-state index contributed by atoms with van der Waals surface area (Å²) >= 11 is 0. The maximum absolute atomic E-state index is 15.2. The fraction of sp³-hybridized carbons (Fsp3) is 0.348. The van der Waals surface area contributed by atoms with Gasteiger partial charge in [0, 0.05) is 23.4 Å². The zero-order valence-electron chi connectivity index (χ0n) is 20.3. The predicted molar refractivity (Wildman–Crippen MR) is 135 cm³/mol. The second kappa shape index (κ2) is 10.3. The summed E-state index contributed by atoms with van der Waals surface area (Å²) in [7, 11) is -8.34. The molecule has 5 rings (SSSR count). The molecule has 2 aliphatic heterocycles. The molecule has 208 valence electrons. The largest absolute Gasteiger partial charge is 0.470 e. The molecule has 1 amide bonds. The highest BCUT2D eigenvalue weighted by molar-refractivity contribution is 7.91. The number of carbonyl (C=O) groups is 1. The topological polar surface area (TPSA) is 181 Å². The first-order valence-corrected chi connectivity index (χ1v) is 15.1. The van der Waals surface area contributed by atoms with Gasteiger partial charge in [0.2, 0.25) is 0 Å². The number of sulfone groups is 1. The van der Waals surface area contributed by atoms with Crippen molar-refractivity contribution in [2.75, 3.05) is 34.8 Å². The Labute approximate surface area is 222 Å². The maximum Gasteiger partial charge on any atom is 0.470 e. The molecule has 0 unspecified atom stereocenters. The lowest BCUT2D eigenvalue weighted by molar-refractivity contribution is 0.0178. The number of anilines is 2. The molecule has 39 heavy (non-hydrogen) atoms. The molecule has 0 aliphatic carbocycles. The van der Waals surface area contributed by atoms with Crippen LogP contribution in [0.1, 0.15) is 18.5 Å². The highest BCUT2D eigenvalue weighted by Crippen LogP contribution is 2.50. The van der Waals surface area contributed by atoms with E-state index in [-0.39, 0.29) is 48.7 Å². The minimum atomic E-state index is -4.98. The maximum atomic E-state index is 15.2. The van der Waals surface area contributed by atoms with Crippen LogP contribution in [0.4, 0.5) is 20.7 Å². The summed E-state index contributed by atoms with van der Waals surface area (Å²) in [4.78, 5) is 36.8. The molecule has 1 atom stereocenters. The third kappa shape index (κ3) is 6.12.